The number of carbonyl (C=O) groups excluding carboxylic acids is 1. The summed E-state index contributed by atoms with van der Waals surface area (Å²) in [7, 11) is 0. The van der Waals surface area contributed by atoms with Crippen molar-refractivity contribution in [1.82, 2.24) is 24.9 Å². The molecule has 0 unspecified atom stereocenters. The third-order valence-electron chi connectivity index (χ3n) is 3.14. The lowest BCUT2D eigenvalue weighted by Gasteiger charge is -2.04. The molecule has 0 atom stereocenters. The van der Waals surface area contributed by atoms with Crippen LogP contribution in [-0.4, -0.2) is 36.5 Å². The van der Waals surface area contributed by atoms with Crippen molar-refractivity contribution in [1.29, 1.82) is 0 Å². The van der Waals surface area contributed by atoms with Gasteiger partial charge in [-0.2, -0.15) is 10.2 Å². The molecule has 112 valence electrons. The van der Waals surface area contributed by atoms with Crippen LogP contribution >= 0.6 is 0 Å². The lowest BCUT2D eigenvalue weighted by Crippen LogP contribution is -2.22. The first-order valence-corrected chi connectivity index (χ1v) is 6.55. The summed E-state index contributed by atoms with van der Waals surface area (Å²) in [6, 6.07) is 0. The molecular formula is C13H17N5O3. The second-order valence-electron chi connectivity index (χ2n) is 4.57. The highest BCUT2D eigenvalue weighted by molar-refractivity contribution is 5.93. The second-order valence-corrected chi connectivity index (χ2v) is 4.57. The number of nitrogens with one attached hydrogen (secondary N) is 1. The van der Waals surface area contributed by atoms with E-state index in [1.54, 1.807) is 6.20 Å². The van der Waals surface area contributed by atoms with Gasteiger partial charge >= 0.3 is 5.97 Å². The molecule has 0 bridgehead atoms. The maximum Gasteiger partial charge on any atom is 0.325 e. The average Bonchev–Trinajstić information content (AvgIpc) is 3.02. The Labute approximate surface area is 121 Å². The molecule has 0 spiro atoms. The first-order valence-electron chi connectivity index (χ1n) is 6.55. The van der Waals surface area contributed by atoms with Crippen LogP contribution in [0.3, 0.4) is 0 Å². The zero-order valence-electron chi connectivity index (χ0n) is 11.9. The number of hydrogen-bond donors (Lipinski definition) is 2. The smallest absolute Gasteiger partial charge is 0.325 e. The number of carboxylic acid groups (broad SMARTS) is 1. The fourth-order valence-corrected chi connectivity index (χ4v) is 1.96. The lowest BCUT2D eigenvalue weighted by atomic mass is 10.2. The van der Waals surface area contributed by atoms with Crippen LogP contribution in [0.5, 0.6) is 0 Å². The van der Waals surface area contributed by atoms with E-state index in [0.29, 0.717) is 12.1 Å². The zero-order chi connectivity index (χ0) is 15.4. The van der Waals surface area contributed by atoms with Crippen LogP contribution in [0.15, 0.2) is 18.6 Å². The number of aliphatic carboxylic acids is 1. The Morgan fingerprint density at radius 2 is 2.10 bits per heavy atom. The van der Waals surface area contributed by atoms with Gasteiger partial charge in [0.2, 0.25) is 0 Å². The van der Waals surface area contributed by atoms with E-state index >= 15 is 0 Å². The van der Waals surface area contributed by atoms with Crippen LogP contribution in [0, 0.1) is 6.92 Å². The maximum absolute atomic E-state index is 12.0. The SMILES string of the molecule is CCn1ncc(CNC(=O)c2cnn(CC(=O)O)c2)c1C. The van der Waals surface area contributed by atoms with E-state index in [2.05, 4.69) is 15.5 Å². The number of aromatic nitrogens is 4. The minimum absolute atomic E-state index is 0.268. The van der Waals surface area contributed by atoms with Gasteiger partial charge in [0.1, 0.15) is 6.54 Å². The van der Waals surface area contributed by atoms with Gasteiger partial charge < -0.3 is 10.4 Å². The number of rotatable bonds is 6. The van der Waals surface area contributed by atoms with Gasteiger partial charge in [-0.05, 0) is 13.8 Å². The third kappa shape index (κ3) is 3.47. The molecule has 0 aromatic carbocycles. The first kappa shape index (κ1) is 14.8. The van der Waals surface area contributed by atoms with Crippen molar-refractivity contribution >= 4 is 11.9 Å². The van der Waals surface area contributed by atoms with Gasteiger partial charge in [0.25, 0.3) is 5.91 Å². The van der Waals surface area contributed by atoms with Gasteiger partial charge in [0, 0.05) is 30.5 Å². The molecule has 8 nitrogen and oxygen atoms in total. The summed E-state index contributed by atoms with van der Waals surface area (Å²) >= 11 is 0. The number of amides is 1. The summed E-state index contributed by atoms with van der Waals surface area (Å²) in [4.78, 5) is 22.5. The number of aryl methyl sites for hydroxylation is 1. The van der Waals surface area contributed by atoms with E-state index in [-0.39, 0.29) is 12.5 Å². The molecule has 8 heteroatoms. The van der Waals surface area contributed by atoms with Crippen LogP contribution in [-0.2, 0) is 24.4 Å². The molecule has 0 aliphatic rings. The van der Waals surface area contributed by atoms with Crippen molar-refractivity contribution in [2.45, 2.75) is 33.5 Å². The molecule has 2 heterocycles. The Balaban J connectivity index is 1.96. The van der Waals surface area contributed by atoms with Gasteiger partial charge in [-0.15, -0.1) is 0 Å². The van der Waals surface area contributed by atoms with Gasteiger partial charge in [-0.3, -0.25) is 19.0 Å². The molecule has 0 aliphatic heterocycles. The minimum atomic E-state index is -1.01. The van der Waals surface area contributed by atoms with Gasteiger partial charge in [-0.1, -0.05) is 0 Å². The summed E-state index contributed by atoms with van der Waals surface area (Å²) in [5.74, 6) is -1.30. The van der Waals surface area contributed by atoms with E-state index in [1.807, 2.05) is 18.5 Å². The first-order chi connectivity index (χ1) is 10.0. The quantitative estimate of drug-likeness (QED) is 0.803. The molecule has 21 heavy (non-hydrogen) atoms. The van der Waals surface area contributed by atoms with Gasteiger partial charge in [0.15, 0.2) is 0 Å². The normalized spacial score (nSPS) is 10.6. The maximum atomic E-state index is 12.0. The summed E-state index contributed by atoms with van der Waals surface area (Å²) in [5.41, 5.74) is 2.29. The Kier molecular flexibility index (Phi) is 4.36. The van der Waals surface area contributed by atoms with Crippen LogP contribution < -0.4 is 5.32 Å². The number of carboxylic acids is 1. The lowest BCUT2D eigenvalue weighted by molar-refractivity contribution is -0.137. The summed E-state index contributed by atoms with van der Waals surface area (Å²) in [6.45, 7) is 4.83. The summed E-state index contributed by atoms with van der Waals surface area (Å²) in [6.07, 6.45) is 4.49. The van der Waals surface area contributed by atoms with Crippen molar-refractivity contribution in [2.75, 3.05) is 0 Å². The Morgan fingerprint density at radius 3 is 2.71 bits per heavy atom. The minimum Gasteiger partial charge on any atom is -0.480 e. The monoisotopic (exact) mass is 291 g/mol. The molecule has 2 N–H and O–H groups in total. The van der Waals surface area contributed by atoms with Crippen molar-refractivity contribution in [3.05, 3.63) is 35.4 Å². The fraction of sp³-hybridized carbons (Fsp3) is 0.385. The Morgan fingerprint density at radius 1 is 1.33 bits per heavy atom. The fourth-order valence-electron chi connectivity index (χ4n) is 1.96. The van der Waals surface area contributed by atoms with Crippen molar-refractivity contribution in [3.8, 4) is 0 Å². The molecule has 0 saturated carbocycles. The van der Waals surface area contributed by atoms with Crippen LogP contribution in [0.4, 0.5) is 0 Å². The van der Waals surface area contributed by atoms with Crippen LogP contribution in [0.1, 0.15) is 28.5 Å². The summed E-state index contributed by atoms with van der Waals surface area (Å²) in [5, 5.41) is 19.5. The highest BCUT2D eigenvalue weighted by Crippen LogP contribution is 2.07. The Bertz CT molecular complexity index is 659. The highest BCUT2D eigenvalue weighted by atomic mass is 16.4. The number of nitrogens with zero attached hydrogens (tertiary/aromatic N) is 4. The van der Waals surface area contributed by atoms with Crippen molar-refractivity contribution in [3.63, 3.8) is 0 Å². The number of carbonyl (C=O) groups is 2. The zero-order valence-corrected chi connectivity index (χ0v) is 11.9. The predicted molar refractivity (Wildman–Crippen MR) is 73.7 cm³/mol. The van der Waals surface area contributed by atoms with E-state index in [9.17, 15) is 9.59 Å². The average molecular weight is 291 g/mol. The van der Waals surface area contributed by atoms with Crippen molar-refractivity contribution in [2.24, 2.45) is 0 Å². The Hall–Kier alpha value is -2.64. The molecule has 0 saturated heterocycles. The van der Waals surface area contributed by atoms with E-state index in [0.717, 1.165) is 17.8 Å². The molecule has 2 aromatic rings. The second kappa shape index (κ2) is 6.21. The third-order valence-corrected chi connectivity index (χ3v) is 3.14. The van der Waals surface area contributed by atoms with Crippen LogP contribution in [0.25, 0.3) is 0 Å². The highest BCUT2D eigenvalue weighted by Gasteiger charge is 2.11. The largest absolute Gasteiger partial charge is 0.480 e. The van der Waals surface area contributed by atoms with Gasteiger partial charge in [0.05, 0.1) is 18.0 Å². The predicted octanol–water partition coefficient (Wildman–Crippen LogP) is 0.423. The van der Waals surface area contributed by atoms with E-state index in [4.69, 9.17) is 5.11 Å². The van der Waals surface area contributed by atoms with E-state index in [1.165, 1.54) is 17.1 Å². The molecule has 0 fully saturated rings. The molecule has 0 radical (unpaired) electrons. The summed E-state index contributed by atoms with van der Waals surface area (Å²) < 4.78 is 3.06. The van der Waals surface area contributed by atoms with Crippen molar-refractivity contribution < 1.29 is 14.7 Å². The molecule has 2 aromatic heterocycles. The number of hydrogen-bond acceptors (Lipinski definition) is 4. The molecule has 0 aliphatic carbocycles. The topological polar surface area (TPSA) is 102 Å². The molecule has 2 rings (SSSR count). The van der Waals surface area contributed by atoms with Crippen LogP contribution in [0.2, 0.25) is 0 Å². The molecular weight excluding hydrogens is 274 g/mol. The van der Waals surface area contributed by atoms with Gasteiger partial charge in [-0.25, -0.2) is 0 Å². The molecule has 1 amide bonds. The standard InChI is InChI=1S/C13H17N5O3/c1-3-18-9(2)10(5-16-18)4-14-13(21)11-6-15-17(7-11)8-12(19)20/h5-7H,3-4,8H2,1-2H3,(H,14,21)(H,19,20). The van der Waals surface area contributed by atoms with E-state index < -0.39 is 5.97 Å².